The lowest BCUT2D eigenvalue weighted by atomic mass is 9.88. The van der Waals surface area contributed by atoms with E-state index in [-0.39, 0.29) is 11.9 Å². The highest BCUT2D eigenvalue weighted by molar-refractivity contribution is 6.07. The molecule has 1 saturated heterocycles. The van der Waals surface area contributed by atoms with Crippen molar-refractivity contribution in [2.24, 2.45) is 7.05 Å². The van der Waals surface area contributed by atoms with Gasteiger partial charge in [0.2, 0.25) is 0 Å². The highest BCUT2D eigenvalue weighted by Gasteiger charge is 2.49. The van der Waals surface area contributed by atoms with Crippen LogP contribution in [0.2, 0.25) is 0 Å². The van der Waals surface area contributed by atoms with Crippen LogP contribution >= 0.6 is 0 Å². The maximum atomic E-state index is 12.9. The molecule has 3 amide bonds. The summed E-state index contributed by atoms with van der Waals surface area (Å²) in [4.78, 5) is 30.5. The Morgan fingerprint density at radius 2 is 2.00 bits per heavy atom. The minimum atomic E-state index is -1.01. The molecule has 0 saturated carbocycles. The van der Waals surface area contributed by atoms with E-state index >= 15 is 0 Å². The molecule has 1 aliphatic heterocycles. The predicted molar refractivity (Wildman–Crippen MR) is 85.7 cm³/mol. The monoisotopic (exact) mass is 312 g/mol. The van der Waals surface area contributed by atoms with Crippen LogP contribution < -0.4 is 5.32 Å². The summed E-state index contributed by atoms with van der Waals surface area (Å²) in [5.41, 5.74) is 1.79. The second-order valence-electron chi connectivity index (χ2n) is 6.07. The summed E-state index contributed by atoms with van der Waals surface area (Å²) in [5, 5.41) is 2.85. The summed E-state index contributed by atoms with van der Waals surface area (Å²) in [6.07, 6.45) is 4.04. The van der Waals surface area contributed by atoms with Gasteiger partial charge in [0, 0.05) is 31.9 Å². The molecule has 1 aromatic heterocycles. The minimum absolute atomic E-state index is 0.209. The molecule has 0 spiro atoms. The van der Waals surface area contributed by atoms with E-state index in [9.17, 15) is 9.59 Å². The van der Waals surface area contributed by atoms with Gasteiger partial charge in [-0.25, -0.2) is 9.78 Å². The molecule has 2 heterocycles. The van der Waals surface area contributed by atoms with E-state index in [2.05, 4.69) is 10.3 Å². The first-order valence-electron chi connectivity index (χ1n) is 7.59. The topological polar surface area (TPSA) is 67.2 Å². The van der Waals surface area contributed by atoms with Crippen molar-refractivity contribution in [3.63, 3.8) is 0 Å². The first kappa shape index (κ1) is 15.3. The highest BCUT2D eigenvalue weighted by atomic mass is 16.2. The zero-order valence-electron chi connectivity index (χ0n) is 13.5. The number of aromatic nitrogens is 2. The Labute approximate surface area is 135 Å². The van der Waals surface area contributed by atoms with Gasteiger partial charge in [0.1, 0.15) is 5.54 Å². The SMILES string of the molecule is Cc1ccccc1C1(C)NC(=O)N(CCc2cncn2C)C1=O. The Bertz CT molecular complexity index is 767. The van der Waals surface area contributed by atoms with Gasteiger partial charge in [0.15, 0.2) is 0 Å². The molecule has 3 rings (SSSR count). The molecule has 2 aromatic rings. The molecule has 1 aliphatic rings. The lowest BCUT2D eigenvalue weighted by Gasteiger charge is -2.24. The molecule has 6 nitrogen and oxygen atoms in total. The summed E-state index contributed by atoms with van der Waals surface area (Å²) < 4.78 is 1.89. The van der Waals surface area contributed by atoms with Gasteiger partial charge in [0.25, 0.3) is 5.91 Å². The molecule has 1 aromatic carbocycles. The molecule has 1 fully saturated rings. The molecular formula is C17H20N4O2. The zero-order valence-corrected chi connectivity index (χ0v) is 13.5. The first-order valence-corrected chi connectivity index (χ1v) is 7.59. The number of nitrogens with zero attached hydrogens (tertiary/aromatic N) is 3. The second-order valence-corrected chi connectivity index (χ2v) is 6.07. The molecule has 1 unspecified atom stereocenters. The van der Waals surface area contributed by atoms with Gasteiger partial charge in [-0.3, -0.25) is 9.69 Å². The van der Waals surface area contributed by atoms with Crippen molar-refractivity contribution >= 4 is 11.9 Å². The van der Waals surface area contributed by atoms with Crippen LogP contribution in [0.4, 0.5) is 4.79 Å². The number of imidazole rings is 1. The fraction of sp³-hybridized carbons (Fsp3) is 0.353. The van der Waals surface area contributed by atoms with Crippen molar-refractivity contribution in [2.45, 2.75) is 25.8 Å². The third kappa shape index (κ3) is 2.50. The lowest BCUT2D eigenvalue weighted by molar-refractivity contribution is -0.131. The van der Waals surface area contributed by atoms with E-state index in [1.807, 2.05) is 42.8 Å². The third-order valence-corrected chi connectivity index (χ3v) is 4.47. The van der Waals surface area contributed by atoms with Gasteiger partial charge in [-0.2, -0.15) is 0 Å². The van der Waals surface area contributed by atoms with Crippen LogP contribution in [0, 0.1) is 6.92 Å². The zero-order chi connectivity index (χ0) is 16.6. The number of imide groups is 1. The Morgan fingerprint density at radius 3 is 2.65 bits per heavy atom. The van der Waals surface area contributed by atoms with Crippen molar-refractivity contribution < 1.29 is 9.59 Å². The van der Waals surface area contributed by atoms with Gasteiger partial charge in [-0.1, -0.05) is 24.3 Å². The fourth-order valence-electron chi connectivity index (χ4n) is 3.07. The molecule has 23 heavy (non-hydrogen) atoms. The van der Waals surface area contributed by atoms with Crippen LogP contribution in [0.15, 0.2) is 36.8 Å². The van der Waals surface area contributed by atoms with E-state index in [4.69, 9.17) is 0 Å². The number of rotatable bonds is 4. The maximum absolute atomic E-state index is 12.9. The van der Waals surface area contributed by atoms with Gasteiger partial charge >= 0.3 is 6.03 Å². The van der Waals surface area contributed by atoms with E-state index in [1.165, 1.54) is 4.90 Å². The highest BCUT2D eigenvalue weighted by Crippen LogP contribution is 2.30. The Kier molecular flexibility index (Phi) is 3.67. The summed E-state index contributed by atoms with van der Waals surface area (Å²) in [5.74, 6) is -0.209. The number of aryl methyl sites for hydroxylation is 2. The third-order valence-electron chi connectivity index (χ3n) is 4.47. The Balaban J connectivity index is 1.82. The number of nitrogens with one attached hydrogen (secondary N) is 1. The van der Waals surface area contributed by atoms with Crippen LogP contribution in [0.5, 0.6) is 0 Å². The minimum Gasteiger partial charge on any atom is -0.338 e. The molecule has 120 valence electrons. The van der Waals surface area contributed by atoms with Crippen molar-refractivity contribution in [3.05, 3.63) is 53.6 Å². The molecule has 1 N–H and O–H groups in total. The molecule has 0 bridgehead atoms. The maximum Gasteiger partial charge on any atom is 0.325 e. The van der Waals surface area contributed by atoms with E-state index < -0.39 is 5.54 Å². The largest absolute Gasteiger partial charge is 0.338 e. The molecular weight excluding hydrogens is 292 g/mol. The second kappa shape index (κ2) is 5.53. The summed E-state index contributed by atoms with van der Waals surface area (Å²) in [7, 11) is 1.89. The standard InChI is InChI=1S/C17H20N4O2/c1-12-6-4-5-7-14(12)17(2)15(22)21(16(23)19-17)9-8-13-10-18-11-20(13)3/h4-7,10-11H,8-9H2,1-3H3,(H,19,23). The number of carbonyl (C=O) groups is 2. The number of hydrogen-bond acceptors (Lipinski definition) is 3. The number of amides is 3. The van der Waals surface area contributed by atoms with E-state index in [0.717, 1.165) is 16.8 Å². The van der Waals surface area contributed by atoms with Crippen LogP contribution in [0.1, 0.15) is 23.7 Å². The van der Waals surface area contributed by atoms with Crippen molar-refractivity contribution in [2.75, 3.05) is 6.54 Å². The summed E-state index contributed by atoms with van der Waals surface area (Å²) >= 11 is 0. The van der Waals surface area contributed by atoms with Crippen molar-refractivity contribution in [1.29, 1.82) is 0 Å². The van der Waals surface area contributed by atoms with E-state index in [1.54, 1.807) is 19.4 Å². The average Bonchev–Trinajstić information content (AvgIpc) is 3.01. The average molecular weight is 312 g/mol. The van der Waals surface area contributed by atoms with Gasteiger partial charge in [0.05, 0.1) is 6.33 Å². The molecule has 0 aliphatic carbocycles. The van der Waals surface area contributed by atoms with Gasteiger partial charge < -0.3 is 9.88 Å². The van der Waals surface area contributed by atoms with Crippen molar-refractivity contribution in [3.8, 4) is 0 Å². The first-order chi connectivity index (χ1) is 10.9. The smallest absolute Gasteiger partial charge is 0.325 e. The number of carbonyl (C=O) groups excluding carboxylic acids is 2. The van der Waals surface area contributed by atoms with Crippen LogP contribution in [-0.4, -0.2) is 32.9 Å². The van der Waals surface area contributed by atoms with Gasteiger partial charge in [-0.15, -0.1) is 0 Å². The Hall–Kier alpha value is -2.63. The lowest BCUT2D eigenvalue weighted by Crippen LogP contribution is -2.41. The predicted octanol–water partition coefficient (Wildman–Crippen LogP) is 1.74. The van der Waals surface area contributed by atoms with Crippen LogP contribution in [-0.2, 0) is 23.8 Å². The summed E-state index contributed by atoms with van der Waals surface area (Å²) in [6.45, 7) is 4.05. The van der Waals surface area contributed by atoms with E-state index in [0.29, 0.717) is 13.0 Å². The molecule has 6 heteroatoms. The molecule has 0 radical (unpaired) electrons. The fourth-order valence-corrected chi connectivity index (χ4v) is 3.07. The van der Waals surface area contributed by atoms with Crippen molar-refractivity contribution in [1.82, 2.24) is 19.8 Å². The number of benzene rings is 1. The number of urea groups is 1. The molecule has 1 atom stereocenters. The normalized spacial score (nSPS) is 20.9. The van der Waals surface area contributed by atoms with Crippen LogP contribution in [0.25, 0.3) is 0 Å². The number of hydrogen-bond donors (Lipinski definition) is 1. The summed E-state index contributed by atoms with van der Waals surface area (Å²) in [6, 6.07) is 7.29. The Morgan fingerprint density at radius 1 is 1.26 bits per heavy atom. The quantitative estimate of drug-likeness (QED) is 0.875. The van der Waals surface area contributed by atoms with Crippen LogP contribution in [0.3, 0.4) is 0 Å². The van der Waals surface area contributed by atoms with Gasteiger partial charge in [-0.05, 0) is 25.0 Å².